The molecular formula is C21H29N. The lowest BCUT2D eigenvalue weighted by Gasteiger charge is -2.09. The summed E-state index contributed by atoms with van der Waals surface area (Å²) >= 11 is 0. The van der Waals surface area contributed by atoms with Crippen LogP contribution >= 0.6 is 0 Å². The minimum absolute atomic E-state index is 1.01. The largest absolute Gasteiger partial charge is 0.359 e. The van der Waals surface area contributed by atoms with Gasteiger partial charge in [-0.25, -0.2) is 0 Å². The molecule has 0 radical (unpaired) electrons. The van der Waals surface area contributed by atoms with Crippen molar-refractivity contribution in [3.63, 3.8) is 0 Å². The molecule has 0 bridgehead atoms. The van der Waals surface area contributed by atoms with Gasteiger partial charge in [0.25, 0.3) is 0 Å². The molecule has 0 unspecified atom stereocenters. The van der Waals surface area contributed by atoms with Crippen LogP contribution in [0.3, 0.4) is 0 Å². The first-order valence-electron chi connectivity index (χ1n) is 8.22. The number of rotatable bonds is 5. The van der Waals surface area contributed by atoms with Gasteiger partial charge in [0, 0.05) is 11.4 Å². The van der Waals surface area contributed by atoms with Crippen molar-refractivity contribution < 1.29 is 0 Å². The predicted octanol–water partition coefficient (Wildman–Crippen LogP) is 6.80. The van der Waals surface area contributed by atoms with Gasteiger partial charge in [0.1, 0.15) is 0 Å². The third kappa shape index (κ3) is 6.17. The molecule has 118 valence electrons. The Morgan fingerprint density at radius 3 is 2.14 bits per heavy atom. The standard InChI is InChI=1S/C18H21N.C3H8/c1-4-6-15(3)19-18-11-9-16(10-12-18)17-8-5-7-14(2)13-17;1-3-2/h5,7-13,19H,3-4,6H2,1-2H3;3H2,1-2H3. The highest BCUT2D eigenvalue weighted by Crippen LogP contribution is 2.23. The van der Waals surface area contributed by atoms with Gasteiger partial charge < -0.3 is 5.32 Å². The van der Waals surface area contributed by atoms with Crippen LogP contribution in [0.5, 0.6) is 0 Å². The summed E-state index contributed by atoms with van der Waals surface area (Å²) in [5.41, 5.74) is 5.98. The highest BCUT2D eigenvalue weighted by atomic mass is 14.9. The Kier molecular flexibility index (Phi) is 8.06. The van der Waals surface area contributed by atoms with Crippen molar-refractivity contribution in [2.75, 3.05) is 5.32 Å². The summed E-state index contributed by atoms with van der Waals surface area (Å²) in [5.74, 6) is 0. The van der Waals surface area contributed by atoms with E-state index in [2.05, 4.69) is 88.1 Å². The summed E-state index contributed by atoms with van der Waals surface area (Å²) in [4.78, 5) is 0. The van der Waals surface area contributed by atoms with Crippen molar-refractivity contribution in [1.82, 2.24) is 0 Å². The maximum absolute atomic E-state index is 4.02. The average molecular weight is 295 g/mol. The minimum atomic E-state index is 1.01. The van der Waals surface area contributed by atoms with Crippen molar-refractivity contribution in [3.8, 4) is 11.1 Å². The molecule has 1 heteroatoms. The van der Waals surface area contributed by atoms with Crippen LogP contribution in [0.1, 0.15) is 45.6 Å². The van der Waals surface area contributed by atoms with Crippen LogP contribution in [-0.4, -0.2) is 0 Å². The molecule has 2 rings (SSSR count). The Morgan fingerprint density at radius 2 is 1.59 bits per heavy atom. The normalized spacial score (nSPS) is 9.64. The lowest BCUT2D eigenvalue weighted by molar-refractivity contribution is 0.913. The Labute approximate surface area is 136 Å². The highest BCUT2D eigenvalue weighted by molar-refractivity contribution is 5.67. The van der Waals surface area contributed by atoms with Crippen molar-refractivity contribution in [2.45, 2.75) is 47.0 Å². The highest BCUT2D eigenvalue weighted by Gasteiger charge is 1.99. The number of allylic oxidation sites excluding steroid dienone is 1. The molecule has 0 saturated heterocycles. The summed E-state index contributed by atoms with van der Waals surface area (Å²) < 4.78 is 0. The summed E-state index contributed by atoms with van der Waals surface area (Å²) in [6.07, 6.45) is 3.38. The van der Waals surface area contributed by atoms with E-state index in [0.29, 0.717) is 0 Å². The third-order valence-electron chi connectivity index (χ3n) is 3.11. The van der Waals surface area contributed by atoms with E-state index in [0.717, 1.165) is 24.2 Å². The van der Waals surface area contributed by atoms with Crippen LogP contribution < -0.4 is 5.32 Å². The van der Waals surface area contributed by atoms with Gasteiger partial charge in [-0.3, -0.25) is 0 Å². The molecule has 0 amide bonds. The molecule has 0 aromatic heterocycles. The van der Waals surface area contributed by atoms with E-state index in [1.165, 1.54) is 23.1 Å². The smallest absolute Gasteiger partial charge is 0.0382 e. The topological polar surface area (TPSA) is 12.0 Å². The molecule has 22 heavy (non-hydrogen) atoms. The molecule has 1 nitrogen and oxygen atoms in total. The van der Waals surface area contributed by atoms with Crippen molar-refractivity contribution in [3.05, 3.63) is 66.4 Å². The number of benzene rings is 2. The van der Waals surface area contributed by atoms with Gasteiger partial charge in [0.05, 0.1) is 0 Å². The van der Waals surface area contributed by atoms with Gasteiger partial charge in [-0.1, -0.05) is 82.2 Å². The molecule has 1 N–H and O–H groups in total. The first kappa shape index (κ1) is 18.0. The van der Waals surface area contributed by atoms with Crippen LogP contribution in [0.25, 0.3) is 11.1 Å². The van der Waals surface area contributed by atoms with Crippen LogP contribution in [0.15, 0.2) is 60.8 Å². The Hall–Kier alpha value is -2.02. The molecular weight excluding hydrogens is 266 g/mol. The van der Waals surface area contributed by atoms with Gasteiger partial charge >= 0.3 is 0 Å². The molecule has 0 fully saturated rings. The molecule has 0 saturated carbocycles. The summed E-state index contributed by atoms with van der Waals surface area (Å²) in [7, 11) is 0. The number of nitrogens with one attached hydrogen (secondary N) is 1. The van der Waals surface area contributed by atoms with E-state index in [1.807, 2.05) is 0 Å². The second-order valence-electron chi connectivity index (χ2n) is 5.63. The van der Waals surface area contributed by atoms with E-state index in [9.17, 15) is 0 Å². The zero-order chi connectivity index (χ0) is 16.4. The lowest BCUT2D eigenvalue weighted by Crippen LogP contribution is -1.97. The monoisotopic (exact) mass is 295 g/mol. The zero-order valence-corrected chi connectivity index (χ0v) is 14.4. The average Bonchev–Trinajstić information content (AvgIpc) is 2.49. The van der Waals surface area contributed by atoms with E-state index in [-0.39, 0.29) is 0 Å². The Balaban J connectivity index is 0.000000745. The fourth-order valence-electron chi connectivity index (χ4n) is 2.14. The first-order chi connectivity index (χ1) is 10.6. The number of anilines is 1. The SMILES string of the molecule is C=C(CCC)Nc1ccc(-c2cccc(C)c2)cc1.CCC. The van der Waals surface area contributed by atoms with Gasteiger partial charge in [-0.05, 0) is 36.6 Å². The van der Waals surface area contributed by atoms with E-state index in [1.54, 1.807) is 0 Å². The molecule has 2 aromatic rings. The first-order valence-corrected chi connectivity index (χ1v) is 8.22. The van der Waals surface area contributed by atoms with Gasteiger partial charge in [-0.2, -0.15) is 0 Å². The van der Waals surface area contributed by atoms with Crippen molar-refractivity contribution in [2.24, 2.45) is 0 Å². The van der Waals surface area contributed by atoms with Crippen LogP contribution in [0, 0.1) is 6.92 Å². The summed E-state index contributed by atoms with van der Waals surface area (Å²) in [6, 6.07) is 17.1. The predicted molar refractivity (Wildman–Crippen MR) is 100 cm³/mol. The van der Waals surface area contributed by atoms with Crippen molar-refractivity contribution >= 4 is 5.69 Å². The third-order valence-corrected chi connectivity index (χ3v) is 3.11. The van der Waals surface area contributed by atoms with Crippen LogP contribution in [0.4, 0.5) is 5.69 Å². The molecule has 0 aliphatic rings. The molecule has 2 aromatic carbocycles. The Bertz CT molecular complexity index is 567. The number of hydrogen-bond donors (Lipinski definition) is 1. The van der Waals surface area contributed by atoms with Crippen LogP contribution in [0.2, 0.25) is 0 Å². The summed E-state index contributed by atoms with van der Waals surface area (Å²) in [5, 5.41) is 3.34. The second kappa shape index (κ2) is 9.83. The second-order valence-corrected chi connectivity index (χ2v) is 5.63. The minimum Gasteiger partial charge on any atom is -0.359 e. The number of aryl methyl sites for hydroxylation is 1. The molecule has 0 aliphatic carbocycles. The molecule has 0 aliphatic heterocycles. The van der Waals surface area contributed by atoms with Gasteiger partial charge in [-0.15, -0.1) is 0 Å². The summed E-state index contributed by atoms with van der Waals surface area (Å²) in [6.45, 7) is 12.6. The maximum atomic E-state index is 4.02. The molecule has 0 heterocycles. The zero-order valence-electron chi connectivity index (χ0n) is 14.4. The quantitative estimate of drug-likeness (QED) is 0.639. The van der Waals surface area contributed by atoms with E-state index in [4.69, 9.17) is 0 Å². The van der Waals surface area contributed by atoms with E-state index < -0.39 is 0 Å². The molecule has 0 atom stereocenters. The van der Waals surface area contributed by atoms with Crippen molar-refractivity contribution in [1.29, 1.82) is 0 Å². The fourth-order valence-corrected chi connectivity index (χ4v) is 2.14. The fraction of sp³-hybridized carbons (Fsp3) is 0.333. The lowest BCUT2D eigenvalue weighted by atomic mass is 10.0. The number of hydrogen-bond acceptors (Lipinski definition) is 1. The van der Waals surface area contributed by atoms with E-state index >= 15 is 0 Å². The van der Waals surface area contributed by atoms with Gasteiger partial charge in [0.2, 0.25) is 0 Å². The maximum Gasteiger partial charge on any atom is 0.0382 e. The Morgan fingerprint density at radius 1 is 0.955 bits per heavy atom. The van der Waals surface area contributed by atoms with Gasteiger partial charge in [0.15, 0.2) is 0 Å². The van der Waals surface area contributed by atoms with Crippen LogP contribution in [-0.2, 0) is 0 Å². The molecule has 0 spiro atoms.